The van der Waals surface area contributed by atoms with Gasteiger partial charge in [0.1, 0.15) is 0 Å². The first-order valence-electron chi connectivity index (χ1n) is 7.22. The van der Waals surface area contributed by atoms with E-state index in [0.29, 0.717) is 12.3 Å². The summed E-state index contributed by atoms with van der Waals surface area (Å²) in [6.07, 6.45) is 5.66. The molecule has 0 radical (unpaired) electrons. The van der Waals surface area contributed by atoms with Gasteiger partial charge in [-0.1, -0.05) is 25.3 Å². The molecule has 0 bridgehead atoms. The minimum atomic E-state index is -0.0632. The molecule has 2 rings (SSSR count). The van der Waals surface area contributed by atoms with Crippen molar-refractivity contribution in [1.29, 1.82) is 0 Å². The molecule has 1 aromatic rings. The van der Waals surface area contributed by atoms with Crippen molar-refractivity contribution in [2.45, 2.75) is 37.9 Å². The highest BCUT2D eigenvalue weighted by molar-refractivity contribution is 7.99. The monoisotopic (exact) mass is 313 g/mol. The van der Waals surface area contributed by atoms with Crippen molar-refractivity contribution in [3.05, 3.63) is 22.4 Å². The molecule has 0 aliphatic heterocycles. The van der Waals surface area contributed by atoms with Crippen molar-refractivity contribution in [3.8, 4) is 0 Å². The van der Waals surface area contributed by atoms with Gasteiger partial charge in [-0.25, -0.2) is 0 Å². The first kappa shape index (κ1) is 15.9. The van der Waals surface area contributed by atoms with Crippen molar-refractivity contribution in [2.75, 3.05) is 18.9 Å². The van der Waals surface area contributed by atoms with Crippen LogP contribution in [0.15, 0.2) is 17.5 Å². The highest BCUT2D eigenvalue weighted by Gasteiger charge is 2.31. The molecule has 1 saturated carbocycles. The first-order chi connectivity index (χ1) is 9.74. The van der Waals surface area contributed by atoms with Crippen LogP contribution < -0.4 is 5.32 Å². The number of nitrogens with one attached hydrogen (secondary N) is 1. The maximum Gasteiger partial charge on any atom is 0.230 e. The van der Waals surface area contributed by atoms with Crippen LogP contribution >= 0.6 is 23.1 Å². The molecule has 0 aromatic carbocycles. The zero-order valence-electron chi connectivity index (χ0n) is 11.8. The molecule has 20 heavy (non-hydrogen) atoms. The highest BCUT2D eigenvalue weighted by atomic mass is 32.2. The van der Waals surface area contributed by atoms with E-state index in [1.165, 1.54) is 24.1 Å². The number of hydrogen-bond donors (Lipinski definition) is 2. The first-order valence-corrected chi connectivity index (χ1v) is 9.25. The van der Waals surface area contributed by atoms with Crippen molar-refractivity contribution in [3.63, 3.8) is 0 Å². The van der Waals surface area contributed by atoms with Crippen LogP contribution in [0, 0.1) is 5.41 Å². The van der Waals surface area contributed by atoms with E-state index in [4.69, 9.17) is 0 Å². The number of amides is 1. The Morgan fingerprint density at radius 3 is 2.85 bits per heavy atom. The molecule has 3 nitrogen and oxygen atoms in total. The van der Waals surface area contributed by atoms with Gasteiger partial charge in [0.15, 0.2) is 0 Å². The van der Waals surface area contributed by atoms with E-state index in [9.17, 15) is 9.90 Å². The maximum absolute atomic E-state index is 11.9. The molecule has 112 valence electrons. The summed E-state index contributed by atoms with van der Waals surface area (Å²) in [5.41, 5.74) is -0.0632. The van der Waals surface area contributed by atoms with Gasteiger partial charge in [0, 0.05) is 22.6 Å². The third-order valence-electron chi connectivity index (χ3n) is 3.97. The van der Waals surface area contributed by atoms with Crippen molar-refractivity contribution < 1.29 is 9.90 Å². The SMILES string of the molecule is O=C(CSCc1cccs1)NCC1(CO)CCCCC1. The van der Waals surface area contributed by atoms with Crippen LogP contribution in [0.4, 0.5) is 0 Å². The molecule has 1 aliphatic carbocycles. The molecule has 2 N–H and O–H groups in total. The number of aliphatic hydroxyl groups excluding tert-OH is 1. The van der Waals surface area contributed by atoms with Gasteiger partial charge in [0.05, 0.1) is 12.4 Å². The number of rotatable bonds is 7. The molecule has 0 unspecified atom stereocenters. The summed E-state index contributed by atoms with van der Waals surface area (Å²) in [6, 6.07) is 4.13. The van der Waals surface area contributed by atoms with E-state index in [1.807, 2.05) is 6.07 Å². The van der Waals surface area contributed by atoms with Gasteiger partial charge in [0.25, 0.3) is 0 Å². The van der Waals surface area contributed by atoms with Crippen LogP contribution in [0.1, 0.15) is 37.0 Å². The quantitative estimate of drug-likeness (QED) is 0.813. The number of aliphatic hydroxyl groups is 1. The molecular formula is C15H23NO2S2. The average Bonchev–Trinajstić information content (AvgIpc) is 2.99. The average molecular weight is 313 g/mol. The second kappa shape index (κ2) is 8.05. The third kappa shape index (κ3) is 4.79. The van der Waals surface area contributed by atoms with Crippen molar-refractivity contribution >= 4 is 29.0 Å². The van der Waals surface area contributed by atoms with E-state index in [1.54, 1.807) is 23.1 Å². The van der Waals surface area contributed by atoms with E-state index in [2.05, 4.69) is 16.8 Å². The molecule has 0 spiro atoms. The van der Waals surface area contributed by atoms with E-state index >= 15 is 0 Å². The van der Waals surface area contributed by atoms with Gasteiger partial charge in [0.2, 0.25) is 5.91 Å². The molecule has 1 amide bonds. The van der Waals surface area contributed by atoms with Gasteiger partial charge >= 0.3 is 0 Å². The van der Waals surface area contributed by atoms with Crippen LogP contribution in [0.3, 0.4) is 0 Å². The summed E-state index contributed by atoms with van der Waals surface area (Å²) in [7, 11) is 0. The smallest absolute Gasteiger partial charge is 0.230 e. The minimum Gasteiger partial charge on any atom is -0.396 e. The molecule has 0 atom stereocenters. The lowest BCUT2D eigenvalue weighted by atomic mass is 9.74. The fourth-order valence-electron chi connectivity index (χ4n) is 2.67. The minimum absolute atomic E-state index is 0.0632. The zero-order valence-corrected chi connectivity index (χ0v) is 13.4. The number of thiophene rings is 1. The Bertz CT molecular complexity index is 400. The van der Waals surface area contributed by atoms with Crippen molar-refractivity contribution in [1.82, 2.24) is 5.32 Å². The van der Waals surface area contributed by atoms with Crippen molar-refractivity contribution in [2.24, 2.45) is 5.41 Å². The molecule has 1 heterocycles. The molecule has 1 aliphatic rings. The van der Waals surface area contributed by atoms with Crippen LogP contribution in [0.5, 0.6) is 0 Å². The Morgan fingerprint density at radius 1 is 1.40 bits per heavy atom. The standard InChI is InChI=1S/C15H23NO2S2/c17-12-15(6-2-1-3-7-15)11-16-14(18)10-19-9-13-5-4-8-20-13/h4-5,8,17H,1-3,6-7,9-12H2,(H,16,18). The predicted molar refractivity (Wildman–Crippen MR) is 86.1 cm³/mol. The summed E-state index contributed by atoms with van der Waals surface area (Å²) in [5.74, 6) is 1.49. The van der Waals surface area contributed by atoms with Crippen LogP contribution in [-0.2, 0) is 10.5 Å². The Kier molecular flexibility index (Phi) is 6.39. The van der Waals surface area contributed by atoms with Crippen LogP contribution in [0.2, 0.25) is 0 Å². The summed E-state index contributed by atoms with van der Waals surface area (Å²) in [5, 5.41) is 14.7. The molecule has 5 heteroatoms. The Hall–Kier alpha value is -0.520. The Labute approximate surface area is 129 Å². The third-order valence-corrected chi connectivity index (χ3v) is 6.01. The number of carbonyl (C=O) groups is 1. The molecule has 1 aromatic heterocycles. The normalized spacial score (nSPS) is 17.9. The molecule has 0 saturated heterocycles. The van der Waals surface area contributed by atoms with Crippen LogP contribution in [0.25, 0.3) is 0 Å². The Balaban J connectivity index is 1.66. The lowest BCUT2D eigenvalue weighted by Crippen LogP contribution is -2.42. The lowest BCUT2D eigenvalue weighted by Gasteiger charge is -2.35. The largest absolute Gasteiger partial charge is 0.396 e. The summed E-state index contributed by atoms with van der Waals surface area (Å²) in [4.78, 5) is 13.2. The van der Waals surface area contributed by atoms with E-state index < -0.39 is 0 Å². The molecular weight excluding hydrogens is 290 g/mol. The number of thioether (sulfide) groups is 1. The lowest BCUT2D eigenvalue weighted by molar-refractivity contribution is -0.119. The van der Waals surface area contributed by atoms with Gasteiger partial charge in [-0.05, 0) is 24.3 Å². The number of hydrogen-bond acceptors (Lipinski definition) is 4. The Morgan fingerprint density at radius 2 is 2.20 bits per heavy atom. The fraction of sp³-hybridized carbons (Fsp3) is 0.667. The van der Waals surface area contributed by atoms with Gasteiger partial charge < -0.3 is 10.4 Å². The van der Waals surface area contributed by atoms with Crippen LogP contribution in [-0.4, -0.2) is 29.9 Å². The predicted octanol–water partition coefficient (Wildman–Crippen LogP) is 3.04. The number of carbonyl (C=O) groups excluding carboxylic acids is 1. The summed E-state index contributed by atoms with van der Waals surface area (Å²) in [6.45, 7) is 0.817. The maximum atomic E-state index is 11.9. The summed E-state index contributed by atoms with van der Waals surface area (Å²) < 4.78 is 0. The van der Waals surface area contributed by atoms with E-state index in [-0.39, 0.29) is 17.9 Å². The van der Waals surface area contributed by atoms with Gasteiger partial charge in [-0.15, -0.1) is 23.1 Å². The molecule has 1 fully saturated rings. The zero-order chi connectivity index (χ0) is 14.3. The summed E-state index contributed by atoms with van der Waals surface area (Å²) >= 11 is 3.38. The van der Waals surface area contributed by atoms with E-state index in [0.717, 1.165) is 18.6 Å². The second-order valence-electron chi connectivity index (χ2n) is 5.57. The fourth-order valence-corrected chi connectivity index (χ4v) is 4.37. The van der Waals surface area contributed by atoms with Gasteiger partial charge in [-0.3, -0.25) is 4.79 Å². The second-order valence-corrected chi connectivity index (χ2v) is 7.59. The van der Waals surface area contributed by atoms with Gasteiger partial charge in [-0.2, -0.15) is 0 Å². The highest BCUT2D eigenvalue weighted by Crippen LogP contribution is 2.35. The topological polar surface area (TPSA) is 49.3 Å².